The third-order valence-corrected chi connectivity index (χ3v) is 2.39. The molecule has 1 aliphatic heterocycles. The van der Waals surface area contributed by atoms with Crippen LogP contribution in [0.4, 0.5) is 0 Å². The van der Waals surface area contributed by atoms with Gasteiger partial charge in [-0.15, -0.1) is 0 Å². The Morgan fingerprint density at radius 1 is 1.43 bits per heavy atom. The Balaban J connectivity index is 2.14. The topological polar surface area (TPSA) is 83.0 Å². The van der Waals surface area contributed by atoms with Crippen molar-refractivity contribution in [3.8, 4) is 0 Å². The first kappa shape index (κ1) is 7.43. The Bertz CT molecular complexity index is 458. The van der Waals surface area contributed by atoms with E-state index in [4.69, 9.17) is 0 Å². The SMILES string of the molecule is O=C1c2n[nH]nc2CC2=CNC=NC12. The lowest BCUT2D eigenvalue weighted by molar-refractivity contribution is 0.0963. The van der Waals surface area contributed by atoms with Crippen LogP contribution in [-0.4, -0.2) is 33.6 Å². The van der Waals surface area contributed by atoms with Gasteiger partial charge < -0.3 is 5.32 Å². The molecule has 6 heteroatoms. The Morgan fingerprint density at radius 3 is 3.29 bits per heavy atom. The van der Waals surface area contributed by atoms with E-state index in [9.17, 15) is 4.79 Å². The highest BCUT2D eigenvalue weighted by molar-refractivity contribution is 6.03. The van der Waals surface area contributed by atoms with Gasteiger partial charge in [0.1, 0.15) is 6.04 Å². The van der Waals surface area contributed by atoms with Gasteiger partial charge >= 0.3 is 0 Å². The first-order valence-electron chi connectivity index (χ1n) is 4.27. The van der Waals surface area contributed by atoms with Gasteiger partial charge in [-0.2, -0.15) is 15.4 Å². The number of carbonyl (C=O) groups excluding carboxylic acids is 1. The first-order valence-corrected chi connectivity index (χ1v) is 4.27. The van der Waals surface area contributed by atoms with Gasteiger partial charge in [0.2, 0.25) is 5.78 Å². The number of Topliss-reactive ketones (excluding diaryl/α,β-unsaturated/α-hetero) is 1. The molecule has 1 aliphatic carbocycles. The van der Waals surface area contributed by atoms with Crippen LogP contribution in [-0.2, 0) is 6.42 Å². The lowest BCUT2D eigenvalue weighted by atomic mass is 9.90. The summed E-state index contributed by atoms with van der Waals surface area (Å²) in [5.74, 6) is -0.0796. The smallest absolute Gasteiger partial charge is 0.213 e. The van der Waals surface area contributed by atoms with Crippen molar-refractivity contribution in [1.82, 2.24) is 20.7 Å². The number of aromatic amines is 1. The molecule has 2 N–H and O–H groups in total. The van der Waals surface area contributed by atoms with Gasteiger partial charge in [0.05, 0.1) is 12.0 Å². The number of H-pyrrole nitrogens is 1. The summed E-state index contributed by atoms with van der Waals surface area (Å²) in [6, 6.07) is -0.395. The second kappa shape index (κ2) is 2.50. The van der Waals surface area contributed by atoms with E-state index in [0.29, 0.717) is 17.8 Å². The van der Waals surface area contributed by atoms with Crippen LogP contribution in [0.5, 0.6) is 0 Å². The summed E-state index contributed by atoms with van der Waals surface area (Å²) in [5.41, 5.74) is 2.07. The molecular formula is C8H7N5O. The fourth-order valence-corrected chi connectivity index (χ4v) is 1.72. The highest BCUT2D eigenvalue weighted by Crippen LogP contribution is 2.24. The molecule has 2 aliphatic rings. The van der Waals surface area contributed by atoms with Crippen LogP contribution < -0.4 is 5.32 Å². The Kier molecular flexibility index (Phi) is 1.33. The predicted molar refractivity (Wildman–Crippen MR) is 47.9 cm³/mol. The van der Waals surface area contributed by atoms with E-state index in [-0.39, 0.29) is 5.78 Å². The number of rotatable bonds is 0. The second-order valence-corrected chi connectivity index (χ2v) is 3.23. The molecule has 0 bridgehead atoms. The maximum Gasteiger partial charge on any atom is 0.213 e. The average molecular weight is 189 g/mol. The highest BCUT2D eigenvalue weighted by atomic mass is 16.1. The standard InChI is InChI=1S/C8H7N5O/c14-8-6-4(2-9-3-10-6)1-5-7(8)12-13-11-5/h2-3,6H,1H2,(H,9,10)(H,11,12,13). The zero-order valence-corrected chi connectivity index (χ0v) is 7.19. The van der Waals surface area contributed by atoms with Gasteiger partial charge in [-0.05, 0) is 5.57 Å². The van der Waals surface area contributed by atoms with Crippen LogP contribution >= 0.6 is 0 Å². The number of nitrogens with zero attached hydrogens (tertiary/aromatic N) is 3. The first-order chi connectivity index (χ1) is 6.86. The number of carbonyl (C=O) groups is 1. The largest absolute Gasteiger partial charge is 0.353 e. The van der Waals surface area contributed by atoms with Crippen LogP contribution in [0.15, 0.2) is 16.8 Å². The van der Waals surface area contributed by atoms with E-state index in [1.807, 2.05) is 0 Å². The molecule has 1 atom stereocenters. The van der Waals surface area contributed by atoms with Crippen molar-refractivity contribution in [1.29, 1.82) is 0 Å². The molecule has 1 aromatic heterocycles. The van der Waals surface area contributed by atoms with Gasteiger partial charge in [-0.3, -0.25) is 9.79 Å². The molecule has 70 valence electrons. The summed E-state index contributed by atoms with van der Waals surface area (Å²) in [4.78, 5) is 15.9. The minimum Gasteiger partial charge on any atom is -0.353 e. The van der Waals surface area contributed by atoms with Gasteiger partial charge in [0, 0.05) is 12.6 Å². The van der Waals surface area contributed by atoms with Crippen molar-refractivity contribution in [2.45, 2.75) is 12.5 Å². The minimum absolute atomic E-state index is 0.0796. The highest BCUT2D eigenvalue weighted by Gasteiger charge is 2.34. The summed E-state index contributed by atoms with van der Waals surface area (Å²) in [7, 11) is 0. The monoisotopic (exact) mass is 189 g/mol. The lowest BCUT2D eigenvalue weighted by Gasteiger charge is -2.21. The van der Waals surface area contributed by atoms with Crippen molar-refractivity contribution >= 4 is 12.1 Å². The second-order valence-electron chi connectivity index (χ2n) is 3.23. The number of ketones is 1. The summed E-state index contributed by atoms with van der Waals surface area (Å²) in [6.07, 6.45) is 3.96. The minimum atomic E-state index is -0.395. The van der Waals surface area contributed by atoms with E-state index in [1.165, 1.54) is 6.34 Å². The molecular weight excluding hydrogens is 182 g/mol. The number of hydrogen-bond donors (Lipinski definition) is 2. The summed E-state index contributed by atoms with van der Waals surface area (Å²) in [6.45, 7) is 0. The van der Waals surface area contributed by atoms with Crippen molar-refractivity contribution in [2.75, 3.05) is 0 Å². The van der Waals surface area contributed by atoms with Crippen molar-refractivity contribution in [3.63, 3.8) is 0 Å². The summed E-state index contributed by atoms with van der Waals surface area (Å²) >= 11 is 0. The molecule has 1 unspecified atom stereocenters. The molecule has 0 saturated heterocycles. The third-order valence-electron chi connectivity index (χ3n) is 2.39. The van der Waals surface area contributed by atoms with E-state index >= 15 is 0 Å². The molecule has 0 fully saturated rings. The Labute approximate surface area is 79.1 Å². The zero-order chi connectivity index (χ0) is 9.54. The molecule has 6 nitrogen and oxygen atoms in total. The fraction of sp³-hybridized carbons (Fsp3) is 0.250. The van der Waals surface area contributed by atoms with Crippen LogP contribution in [0.1, 0.15) is 16.2 Å². The fourth-order valence-electron chi connectivity index (χ4n) is 1.72. The van der Waals surface area contributed by atoms with Crippen molar-refractivity contribution in [2.24, 2.45) is 4.99 Å². The number of aliphatic imine (C=N–C) groups is 1. The van der Waals surface area contributed by atoms with Gasteiger partial charge in [-0.25, -0.2) is 0 Å². The third kappa shape index (κ3) is 0.847. The summed E-state index contributed by atoms with van der Waals surface area (Å²) < 4.78 is 0. The van der Waals surface area contributed by atoms with Crippen LogP contribution in [0.3, 0.4) is 0 Å². The van der Waals surface area contributed by atoms with E-state index < -0.39 is 6.04 Å². The number of nitrogens with one attached hydrogen (secondary N) is 2. The molecule has 0 amide bonds. The molecule has 3 rings (SSSR count). The van der Waals surface area contributed by atoms with Crippen LogP contribution in [0, 0.1) is 0 Å². The molecule has 0 saturated carbocycles. The quantitative estimate of drug-likeness (QED) is 0.572. The zero-order valence-electron chi connectivity index (χ0n) is 7.19. The molecule has 2 heterocycles. The average Bonchev–Trinajstić information content (AvgIpc) is 2.66. The van der Waals surface area contributed by atoms with E-state index in [1.54, 1.807) is 6.20 Å². The Morgan fingerprint density at radius 2 is 2.36 bits per heavy atom. The maximum absolute atomic E-state index is 11.8. The van der Waals surface area contributed by atoms with E-state index in [0.717, 1.165) is 5.57 Å². The molecule has 0 spiro atoms. The van der Waals surface area contributed by atoms with Crippen molar-refractivity contribution < 1.29 is 4.79 Å². The molecule has 0 radical (unpaired) electrons. The Hall–Kier alpha value is -1.98. The van der Waals surface area contributed by atoms with Gasteiger partial charge in [-0.1, -0.05) is 0 Å². The number of fused-ring (bicyclic) bond motifs is 2. The summed E-state index contributed by atoms with van der Waals surface area (Å²) in [5, 5.41) is 13.1. The normalized spacial score (nSPS) is 23.6. The lowest BCUT2D eigenvalue weighted by Crippen LogP contribution is -2.33. The van der Waals surface area contributed by atoms with Crippen LogP contribution in [0.25, 0.3) is 0 Å². The molecule has 1 aromatic rings. The van der Waals surface area contributed by atoms with Gasteiger partial charge in [0.15, 0.2) is 5.69 Å². The van der Waals surface area contributed by atoms with E-state index in [2.05, 4.69) is 25.7 Å². The number of aromatic nitrogens is 3. The number of hydrogen-bond acceptors (Lipinski definition) is 5. The van der Waals surface area contributed by atoms with Crippen molar-refractivity contribution in [3.05, 3.63) is 23.2 Å². The van der Waals surface area contributed by atoms with Crippen LogP contribution in [0.2, 0.25) is 0 Å². The molecule has 14 heavy (non-hydrogen) atoms. The maximum atomic E-state index is 11.8. The molecule has 0 aromatic carbocycles. The van der Waals surface area contributed by atoms with Gasteiger partial charge in [0.25, 0.3) is 0 Å². The predicted octanol–water partition coefficient (Wildman–Crippen LogP) is -0.573.